The number of hydrogen-bond acceptors (Lipinski definition) is 6. The normalized spacial score (nSPS) is 14.2. The van der Waals surface area contributed by atoms with Crippen molar-refractivity contribution in [3.8, 4) is 11.5 Å². The van der Waals surface area contributed by atoms with Crippen molar-refractivity contribution in [3.05, 3.63) is 99.2 Å². The summed E-state index contributed by atoms with van der Waals surface area (Å²) in [5.41, 5.74) is 1.45. The first kappa shape index (κ1) is 21.6. The lowest BCUT2D eigenvalue weighted by molar-refractivity contribution is -0.129. The summed E-state index contributed by atoms with van der Waals surface area (Å²) in [5, 5.41) is 0.705. The maximum atomic E-state index is 12.4. The van der Waals surface area contributed by atoms with Gasteiger partial charge in [0, 0.05) is 0 Å². The maximum Gasteiger partial charge on any atom is 0.363 e. The van der Waals surface area contributed by atoms with E-state index in [0.29, 0.717) is 21.9 Å². The van der Waals surface area contributed by atoms with E-state index in [1.165, 1.54) is 13.2 Å². The number of cyclic esters (lactones) is 1. The zero-order valence-electron chi connectivity index (χ0n) is 16.7. The molecule has 0 saturated carbocycles. The number of aliphatic imine (C=N–C) groups is 1. The molecule has 8 heteroatoms. The third kappa shape index (κ3) is 4.51. The van der Waals surface area contributed by atoms with Crippen molar-refractivity contribution >= 4 is 47.1 Å². The molecule has 0 aromatic heterocycles. The van der Waals surface area contributed by atoms with Crippen LogP contribution in [0.15, 0.2) is 77.4 Å². The number of esters is 2. The van der Waals surface area contributed by atoms with E-state index < -0.39 is 11.9 Å². The molecule has 4 rings (SSSR count). The minimum Gasteiger partial charge on any atom is -0.493 e. The van der Waals surface area contributed by atoms with Crippen LogP contribution < -0.4 is 9.47 Å². The van der Waals surface area contributed by atoms with Crippen LogP contribution in [-0.2, 0) is 9.53 Å². The van der Waals surface area contributed by atoms with Crippen molar-refractivity contribution in [2.24, 2.45) is 4.99 Å². The Bertz CT molecular complexity index is 1280. The number of benzene rings is 3. The molecule has 3 aromatic rings. The first-order chi connectivity index (χ1) is 15.5. The highest BCUT2D eigenvalue weighted by Crippen LogP contribution is 2.31. The van der Waals surface area contributed by atoms with Crippen LogP contribution in [0.2, 0.25) is 10.0 Å². The first-order valence-corrected chi connectivity index (χ1v) is 10.1. The van der Waals surface area contributed by atoms with Crippen molar-refractivity contribution in [2.75, 3.05) is 7.11 Å². The third-order valence-corrected chi connectivity index (χ3v) is 5.17. The highest BCUT2D eigenvalue weighted by atomic mass is 35.5. The molecule has 0 unspecified atom stereocenters. The van der Waals surface area contributed by atoms with E-state index in [1.807, 2.05) is 0 Å². The molecular weight excluding hydrogens is 453 g/mol. The van der Waals surface area contributed by atoms with E-state index in [9.17, 15) is 9.59 Å². The molecule has 6 nitrogen and oxygen atoms in total. The number of nitrogens with zero attached hydrogens (tertiary/aromatic N) is 1. The standard InChI is InChI=1S/C24H15Cl2NO5/c1-30-21-13-14(10-11-20(21)31-23(28)16-7-3-5-9-18(16)26)12-19-24(29)32-22(27-19)15-6-2-4-8-17(15)25/h2-13H,1H3/b19-12-. The topological polar surface area (TPSA) is 74.2 Å². The molecule has 0 spiro atoms. The Morgan fingerprint density at radius 1 is 0.969 bits per heavy atom. The van der Waals surface area contributed by atoms with Crippen LogP contribution in [0.25, 0.3) is 6.08 Å². The predicted molar refractivity (Wildman–Crippen MR) is 121 cm³/mol. The van der Waals surface area contributed by atoms with Gasteiger partial charge in [0.2, 0.25) is 5.90 Å². The zero-order chi connectivity index (χ0) is 22.7. The molecule has 0 bridgehead atoms. The van der Waals surface area contributed by atoms with E-state index in [2.05, 4.69) is 4.99 Å². The Balaban J connectivity index is 1.60. The van der Waals surface area contributed by atoms with Gasteiger partial charge in [-0.1, -0.05) is 53.5 Å². The Kier molecular flexibility index (Phi) is 6.25. The van der Waals surface area contributed by atoms with Crippen LogP contribution in [0.5, 0.6) is 11.5 Å². The van der Waals surface area contributed by atoms with Crippen LogP contribution in [0, 0.1) is 0 Å². The molecule has 0 radical (unpaired) electrons. The maximum absolute atomic E-state index is 12.4. The summed E-state index contributed by atoms with van der Waals surface area (Å²) in [7, 11) is 1.44. The first-order valence-electron chi connectivity index (χ1n) is 9.38. The van der Waals surface area contributed by atoms with Crippen molar-refractivity contribution in [1.29, 1.82) is 0 Å². The molecule has 0 N–H and O–H groups in total. The van der Waals surface area contributed by atoms with E-state index in [-0.39, 0.29) is 27.9 Å². The molecule has 0 fully saturated rings. The summed E-state index contributed by atoms with van der Waals surface area (Å²) in [6, 6.07) is 18.3. The van der Waals surface area contributed by atoms with Crippen molar-refractivity contribution < 1.29 is 23.8 Å². The second-order valence-electron chi connectivity index (χ2n) is 6.60. The second-order valence-corrected chi connectivity index (χ2v) is 7.41. The van der Waals surface area contributed by atoms with Crippen molar-refractivity contribution in [1.82, 2.24) is 0 Å². The van der Waals surface area contributed by atoms with Gasteiger partial charge < -0.3 is 14.2 Å². The fraction of sp³-hybridized carbons (Fsp3) is 0.0417. The molecule has 0 atom stereocenters. The average Bonchev–Trinajstić information content (AvgIpc) is 3.15. The number of halogens is 2. The molecular formula is C24H15Cl2NO5. The van der Waals surface area contributed by atoms with Crippen LogP contribution in [0.1, 0.15) is 21.5 Å². The molecule has 0 amide bonds. The lowest BCUT2D eigenvalue weighted by Crippen LogP contribution is -2.09. The van der Waals surface area contributed by atoms with Gasteiger partial charge >= 0.3 is 11.9 Å². The van der Waals surface area contributed by atoms with Crippen molar-refractivity contribution in [3.63, 3.8) is 0 Å². The highest BCUT2D eigenvalue weighted by Gasteiger charge is 2.25. The third-order valence-electron chi connectivity index (χ3n) is 4.51. The van der Waals surface area contributed by atoms with Gasteiger partial charge in [0.05, 0.1) is 28.3 Å². The van der Waals surface area contributed by atoms with Gasteiger partial charge in [0.25, 0.3) is 0 Å². The Morgan fingerprint density at radius 3 is 2.41 bits per heavy atom. The van der Waals surface area contributed by atoms with E-state index in [0.717, 1.165) is 0 Å². The molecule has 1 aliphatic heterocycles. The molecule has 1 heterocycles. The summed E-state index contributed by atoms with van der Waals surface area (Å²) in [6.45, 7) is 0. The number of hydrogen-bond donors (Lipinski definition) is 0. The van der Waals surface area contributed by atoms with E-state index in [1.54, 1.807) is 66.7 Å². The minimum atomic E-state index is -0.617. The SMILES string of the molecule is COc1cc(/C=C2\N=C(c3ccccc3Cl)OC2=O)ccc1OC(=O)c1ccccc1Cl. The summed E-state index contributed by atoms with van der Waals surface area (Å²) in [4.78, 5) is 29.0. The monoisotopic (exact) mass is 467 g/mol. The number of carbonyl (C=O) groups excluding carboxylic acids is 2. The number of rotatable bonds is 5. The molecule has 1 aliphatic rings. The molecule has 3 aromatic carbocycles. The lowest BCUT2D eigenvalue weighted by atomic mass is 10.1. The smallest absolute Gasteiger partial charge is 0.363 e. The Hall–Kier alpha value is -3.61. The van der Waals surface area contributed by atoms with Crippen LogP contribution in [0.4, 0.5) is 0 Å². The predicted octanol–water partition coefficient (Wildman–Crippen LogP) is 5.57. The quantitative estimate of drug-likeness (QED) is 0.278. The molecule has 0 saturated heterocycles. The van der Waals surface area contributed by atoms with Crippen LogP contribution >= 0.6 is 23.2 Å². The Labute approximate surface area is 193 Å². The van der Waals surface area contributed by atoms with Gasteiger partial charge in [-0.15, -0.1) is 0 Å². The summed E-state index contributed by atoms with van der Waals surface area (Å²) < 4.78 is 16.0. The van der Waals surface area contributed by atoms with Gasteiger partial charge in [-0.2, -0.15) is 0 Å². The summed E-state index contributed by atoms with van der Waals surface area (Å²) in [5.74, 6) is -0.596. The van der Waals surface area contributed by atoms with Crippen LogP contribution in [0.3, 0.4) is 0 Å². The van der Waals surface area contributed by atoms with Gasteiger partial charge in [0.15, 0.2) is 17.2 Å². The largest absolute Gasteiger partial charge is 0.493 e. The van der Waals surface area contributed by atoms with E-state index in [4.69, 9.17) is 37.4 Å². The lowest BCUT2D eigenvalue weighted by Gasteiger charge is -2.10. The van der Waals surface area contributed by atoms with Gasteiger partial charge in [0.1, 0.15) is 0 Å². The molecule has 0 aliphatic carbocycles. The summed E-state index contributed by atoms with van der Waals surface area (Å²) >= 11 is 12.2. The van der Waals surface area contributed by atoms with Gasteiger partial charge in [-0.3, -0.25) is 0 Å². The fourth-order valence-corrected chi connectivity index (χ4v) is 3.39. The second kappa shape index (κ2) is 9.26. The minimum absolute atomic E-state index is 0.0998. The zero-order valence-corrected chi connectivity index (χ0v) is 18.2. The van der Waals surface area contributed by atoms with Gasteiger partial charge in [-0.25, -0.2) is 14.6 Å². The Morgan fingerprint density at radius 2 is 1.69 bits per heavy atom. The fourth-order valence-electron chi connectivity index (χ4n) is 2.96. The number of methoxy groups -OCH3 is 1. The molecule has 32 heavy (non-hydrogen) atoms. The van der Waals surface area contributed by atoms with Crippen LogP contribution in [-0.4, -0.2) is 24.9 Å². The number of ether oxygens (including phenoxy) is 3. The number of carbonyl (C=O) groups is 2. The average molecular weight is 468 g/mol. The van der Waals surface area contributed by atoms with E-state index >= 15 is 0 Å². The molecule has 160 valence electrons. The highest BCUT2D eigenvalue weighted by molar-refractivity contribution is 6.34. The van der Waals surface area contributed by atoms with Gasteiger partial charge in [-0.05, 0) is 48.0 Å². The van der Waals surface area contributed by atoms with Crippen molar-refractivity contribution in [2.45, 2.75) is 0 Å². The summed E-state index contributed by atoms with van der Waals surface area (Å²) in [6.07, 6.45) is 1.54.